The number of aryl methyl sites for hydroxylation is 1. The zero-order chi connectivity index (χ0) is 19.4. The van der Waals surface area contributed by atoms with E-state index in [1.807, 2.05) is 50.0 Å². The average Bonchev–Trinajstić information content (AvgIpc) is 3.01. The van der Waals surface area contributed by atoms with Crippen LogP contribution in [0.2, 0.25) is 0 Å². The van der Waals surface area contributed by atoms with Gasteiger partial charge in [0.2, 0.25) is 5.91 Å². The number of hydrogen-bond donors (Lipinski definition) is 1. The predicted octanol–water partition coefficient (Wildman–Crippen LogP) is 4.49. The fourth-order valence-corrected chi connectivity index (χ4v) is 3.59. The summed E-state index contributed by atoms with van der Waals surface area (Å²) in [4.78, 5) is 21.4. The lowest BCUT2D eigenvalue weighted by Gasteiger charge is -2.21. The van der Waals surface area contributed by atoms with E-state index in [9.17, 15) is 4.79 Å². The number of imidazole rings is 1. The summed E-state index contributed by atoms with van der Waals surface area (Å²) < 4.78 is 2.01. The summed E-state index contributed by atoms with van der Waals surface area (Å²) in [6.07, 6.45) is 13.0. The zero-order valence-corrected chi connectivity index (χ0v) is 16.5. The first-order valence-electron chi connectivity index (χ1n) is 9.60. The molecule has 1 aliphatic rings. The van der Waals surface area contributed by atoms with Crippen LogP contribution in [0.4, 0.5) is 0 Å². The van der Waals surface area contributed by atoms with Crippen molar-refractivity contribution in [2.24, 2.45) is 13.0 Å². The average molecular weight is 364 g/mol. The SMILES string of the molecule is C=Cc1cnc(-c2cnc(C)n2C)cc1/C=C(\C)NC(=O)C1CCCCC1. The van der Waals surface area contributed by atoms with Crippen molar-refractivity contribution in [3.63, 3.8) is 0 Å². The van der Waals surface area contributed by atoms with Crippen LogP contribution in [-0.4, -0.2) is 20.4 Å². The van der Waals surface area contributed by atoms with Gasteiger partial charge >= 0.3 is 0 Å². The molecule has 1 saturated carbocycles. The van der Waals surface area contributed by atoms with Crippen molar-refractivity contribution in [2.45, 2.75) is 46.0 Å². The Morgan fingerprint density at radius 2 is 1.96 bits per heavy atom. The molecule has 3 rings (SSSR count). The van der Waals surface area contributed by atoms with Crippen LogP contribution in [0, 0.1) is 12.8 Å². The van der Waals surface area contributed by atoms with Crippen LogP contribution < -0.4 is 5.32 Å². The summed E-state index contributed by atoms with van der Waals surface area (Å²) in [6, 6.07) is 2.02. The van der Waals surface area contributed by atoms with Gasteiger partial charge in [-0.3, -0.25) is 9.78 Å². The van der Waals surface area contributed by atoms with Gasteiger partial charge in [0, 0.05) is 24.9 Å². The highest BCUT2D eigenvalue weighted by Gasteiger charge is 2.21. The molecule has 5 nitrogen and oxygen atoms in total. The molecule has 0 spiro atoms. The van der Waals surface area contributed by atoms with Gasteiger partial charge in [0.15, 0.2) is 0 Å². The molecular weight excluding hydrogens is 336 g/mol. The first-order valence-corrected chi connectivity index (χ1v) is 9.60. The smallest absolute Gasteiger partial charge is 0.227 e. The fraction of sp³-hybridized carbons (Fsp3) is 0.409. The van der Waals surface area contributed by atoms with Crippen molar-refractivity contribution < 1.29 is 4.79 Å². The maximum absolute atomic E-state index is 12.5. The van der Waals surface area contributed by atoms with E-state index < -0.39 is 0 Å². The summed E-state index contributed by atoms with van der Waals surface area (Å²) in [6.45, 7) is 7.78. The second kappa shape index (κ2) is 8.33. The number of nitrogens with one attached hydrogen (secondary N) is 1. The molecule has 0 aromatic carbocycles. The molecule has 1 amide bonds. The second-order valence-electron chi connectivity index (χ2n) is 7.30. The van der Waals surface area contributed by atoms with Crippen molar-refractivity contribution >= 4 is 18.1 Å². The summed E-state index contributed by atoms with van der Waals surface area (Å²) >= 11 is 0. The van der Waals surface area contributed by atoms with Gasteiger partial charge in [-0.2, -0.15) is 0 Å². The number of hydrogen-bond acceptors (Lipinski definition) is 3. The lowest BCUT2D eigenvalue weighted by Crippen LogP contribution is -2.30. The molecule has 5 heteroatoms. The third-order valence-electron chi connectivity index (χ3n) is 5.34. The lowest BCUT2D eigenvalue weighted by molar-refractivity contribution is -0.125. The Balaban J connectivity index is 1.84. The van der Waals surface area contributed by atoms with E-state index in [1.165, 1.54) is 6.42 Å². The van der Waals surface area contributed by atoms with Crippen molar-refractivity contribution in [3.8, 4) is 11.4 Å². The highest BCUT2D eigenvalue weighted by Crippen LogP contribution is 2.25. The van der Waals surface area contributed by atoms with E-state index in [1.54, 1.807) is 6.08 Å². The normalized spacial score (nSPS) is 15.6. The number of rotatable bonds is 5. The minimum Gasteiger partial charge on any atom is -0.330 e. The third kappa shape index (κ3) is 4.35. The molecule has 0 saturated heterocycles. The van der Waals surface area contributed by atoms with Crippen LogP contribution in [0.3, 0.4) is 0 Å². The number of nitrogens with zero attached hydrogens (tertiary/aromatic N) is 3. The van der Waals surface area contributed by atoms with Crippen LogP contribution >= 0.6 is 0 Å². The van der Waals surface area contributed by atoms with Gasteiger partial charge in [0.05, 0.1) is 17.6 Å². The minimum absolute atomic E-state index is 0.139. The van der Waals surface area contributed by atoms with Crippen molar-refractivity contribution in [1.29, 1.82) is 0 Å². The van der Waals surface area contributed by atoms with E-state index in [4.69, 9.17) is 0 Å². The largest absolute Gasteiger partial charge is 0.330 e. The fourth-order valence-electron chi connectivity index (χ4n) is 3.59. The molecule has 0 radical (unpaired) electrons. The van der Waals surface area contributed by atoms with Crippen LogP contribution in [0.15, 0.2) is 30.7 Å². The predicted molar refractivity (Wildman–Crippen MR) is 110 cm³/mol. The monoisotopic (exact) mass is 364 g/mol. The molecule has 0 unspecified atom stereocenters. The maximum atomic E-state index is 12.5. The summed E-state index contributed by atoms with van der Waals surface area (Å²) in [5, 5.41) is 3.07. The van der Waals surface area contributed by atoms with Crippen LogP contribution in [-0.2, 0) is 11.8 Å². The van der Waals surface area contributed by atoms with E-state index >= 15 is 0 Å². The lowest BCUT2D eigenvalue weighted by atomic mass is 9.88. The molecule has 2 heterocycles. The van der Waals surface area contributed by atoms with Gasteiger partial charge in [-0.1, -0.05) is 31.9 Å². The highest BCUT2D eigenvalue weighted by atomic mass is 16.1. The van der Waals surface area contributed by atoms with E-state index in [-0.39, 0.29) is 11.8 Å². The third-order valence-corrected chi connectivity index (χ3v) is 5.34. The van der Waals surface area contributed by atoms with E-state index in [0.29, 0.717) is 0 Å². The standard InChI is InChI=1S/C22H28N4O/c1-5-17-13-24-20(21-14-23-16(3)26(21)4)12-19(17)11-15(2)25-22(27)18-9-7-6-8-10-18/h5,11-14,18H,1,6-10H2,2-4H3,(H,25,27)/b15-11+. The topological polar surface area (TPSA) is 59.8 Å². The number of aromatic nitrogens is 3. The number of carbonyl (C=O) groups is 1. The molecule has 2 aromatic heterocycles. The van der Waals surface area contributed by atoms with Crippen molar-refractivity contribution in [1.82, 2.24) is 19.9 Å². The molecule has 0 atom stereocenters. The van der Waals surface area contributed by atoms with Crippen molar-refractivity contribution in [3.05, 3.63) is 47.7 Å². The van der Waals surface area contributed by atoms with Gasteiger partial charge in [0.25, 0.3) is 0 Å². The first kappa shape index (κ1) is 19.1. The number of pyridine rings is 1. The molecule has 27 heavy (non-hydrogen) atoms. The van der Waals surface area contributed by atoms with Crippen molar-refractivity contribution in [2.75, 3.05) is 0 Å². The van der Waals surface area contributed by atoms with Gasteiger partial charge in [-0.25, -0.2) is 4.98 Å². The molecule has 2 aromatic rings. The first-order chi connectivity index (χ1) is 13.0. The number of amides is 1. The van der Waals surface area contributed by atoms with Gasteiger partial charge in [0.1, 0.15) is 5.82 Å². The molecule has 0 bridgehead atoms. The Kier molecular flexibility index (Phi) is 5.89. The van der Waals surface area contributed by atoms with Crippen LogP contribution in [0.25, 0.3) is 23.5 Å². The molecule has 0 aliphatic heterocycles. The molecule has 1 aliphatic carbocycles. The number of allylic oxidation sites excluding steroid dienone is 1. The minimum atomic E-state index is 0.139. The van der Waals surface area contributed by atoms with Gasteiger partial charge < -0.3 is 9.88 Å². The summed E-state index contributed by atoms with van der Waals surface area (Å²) in [5.41, 5.74) is 4.56. The Bertz CT molecular complexity index is 872. The number of carbonyl (C=O) groups excluding carboxylic acids is 1. The maximum Gasteiger partial charge on any atom is 0.227 e. The Morgan fingerprint density at radius 1 is 1.22 bits per heavy atom. The van der Waals surface area contributed by atoms with Gasteiger partial charge in [-0.15, -0.1) is 0 Å². The molecule has 142 valence electrons. The quantitative estimate of drug-likeness (QED) is 0.850. The molecular formula is C22H28N4O. The van der Waals surface area contributed by atoms with E-state index in [2.05, 4.69) is 21.9 Å². The Hall–Kier alpha value is -2.69. The molecule has 1 fully saturated rings. The summed E-state index contributed by atoms with van der Waals surface area (Å²) in [5.74, 6) is 1.22. The summed E-state index contributed by atoms with van der Waals surface area (Å²) in [7, 11) is 1.98. The Labute approximate surface area is 161 Å². The van der Waals surface area contributed by atoms with Crippen LogP contribution in [0.5, 0.6) is 0 Å². The zero-order valence-electron chi connectivity index (χ0n) is 16.5. The second-order valence-corrected chi connectivity index (χ2v) is 7.30. The highest BCUT2D eigenvalue weighted by molar-refractivity contribution is 5.82. The van der Waals surface area contributed by atoms with Crippen LogP contribution in [0.1, 0.15) is 56.0 Å². The van der Waals surface area contributed by atoms with Gasteiger partial charge in [-0.05, 0) is 50.0 Å². The van der Waals surface area contributed by atoms with E-state index in [0.717, 1.165) is 59.7 Å². The Morgan fingerprint density at radius 3 is 2.59 bits per heavy atom. The molecule has 1 N–H and O–H groups in total.